The first-order valence-electron chi connectivity index (χ1n) is 3.85. The van der Waals surface area contributed by atoms with Crippen LogP contribution in [0.5, 0.6) is 0 Å². The zero-order chi connectivity index (χ0) is 10.1. The molecule has 1 aromatic carbocycles. The van der Waals surface area contributed by atoms with Gasteiger partial charge in [-0.2, -0.15) is 0 Å². The van der Waals surface area contributed by atoms with Gasteiger partial charge in [0.1, 0.15) is 11.5 Å². The van der Waals surface area contributed by atoms with Crippen molar-refractivity contribution < 1.29 is 8.91 Å². The van der Waals surface area contributed by atoms with E-state index in [0.717, 1.165) is 0 Å². The Morgan fingerprint density at radius 2 is 1.93 bits per heavy atom. The number of benzene rings is 1. The molecule has 0 aliphatic heterocycles. The van der Waals surface area contributed by atoms with E-state index in [0.29, 0.717) is 11.3 Å². The molecule has 0 unspecified atom stereocenters. The van der Waals surface area contributed by atoms with Gasteiger partial charge in [-0.25, -0.2) is 4.39 Å². The summed E-state index contributed by atoms with van der Waals surface area (Å²) in [6, 6.07) is 5.71. The average molecular weight is 213 g/mol. The molecule has 2 aromatic rings. The highest BCUT2D eigenvalue weighted by Gasteiger charge is 2.12. The van der Waals surface area contributed by atoms with Crippen molar-refractivity contribution in [1.82, 2.24) is 5.16 Å². The van der Waals surface area contributed by atoms with Crippen LogP contribution in [0.3, 0.4) is 0 Å². The summed E-state index contributed by atoms with van der Waals surface area (Å²) in [5.74, 6) is 0.0351. The molecule has 0 aliphatic carbocycles. The van der Waals surface area contributed by atoms with Gasteiger partial charge in [0.15, 0.2) is 10.9 Å². The molecule has 0 aliphatic rings. The Kier molecular flexibility index (Phi) is 2.13. The van der Waals surface area contributed by atoms with Gasteiger partial charge in [-0.1, -0.05) is 16.8 Å². The summed E-state index contributed by atoms with van der Waals surface area (Å²) in [6.07, 6.45) is 0. The van der Waals surface area contributed by atoms with E-state index in [4.69, 9.17) is 21.9 Å². The van der Waals surface area contributed by atoms with Gasteiger partial charge in [-0.15, -0.1) is 0 Å². The summed E-state index contributed by atoms with van der Waals surface area (Å²) in [5, 5.41) is 3.60. The van der Waals surface area contributed by atoms with Gasteiger partial charge in [-0.05, 0) is 24.3 Å². The van der Waals surface area contributed by atoms with Crippen LogP contribution in [0.4, 0.5) is 10.1 Å². The second-order valence-corrected chi connectivity index (χ2v) is 3.08. The number of hydrogen-bond acceptors (Lipinski definition) is 3. The molecule has 0 fully saturated rings. The van der Waals surface area contributed by atoms with Gasteiger partial charge >= 0.3 is 0 Å². The lowest BCUT2D eigenvalue weighted by atomic mass is 10.1. The van der Waals surface area contributed by atoms with Gasteiger partial charge < -0.3 is 10.3 Å². The number of halogens is 2. The van der Waals surface area contributed by atoms with Gasteiger partial charge in [0, 0.05) is 5.56 Å². The highest BCUT2D eigenvalue weighted by atomic mass is 35.5. The molecule has 1 aromatic heterocycles. The molecule has 3 nitrogen and oxygen atoms in total. The van der Waals surface area contributed by atoms with E-state index < -0.39 is 0 Å². The highest BCUT2D eigenvalue weighted by molar-refractivity contribution is 6.32. The molecule has 72 valence electrons. The normalized spacial score (nSPS) is 10.4. The molecular weight excluding hydrogens is 207 g/mol. The molecule has 0 saturated heterocycles. The first kappa shape index (κ1) is 9.02. The number of hydrogen-bond donors (Lipinski definition) is 1. The fourth-order valence-corrected chi connectivity index (χ4v) is 1.21. The van der Waals surface area contributed by atoms with Crippen LogP contribution in [-0.2, 0) is 0 Å². The summed E-state index contributed by atoms with van der Waals surface area (Å²) in [5.41, 5.74) is 6.49. The van der Waals surface area contributed by atoms with Gasteiger partial charge in [0.2, 0.25) is 0 Å². The minimum atomic E-state index is -0.321. The van der Waals surface area contributed by atoms with E-state index >= 15 is 0 Å². The molecule has 2 rings (SSSR count). The highest BCUT2D eigenvalue weighted by Crippen LogP contribution is 2.30. The third kappa shape index (κ3) is 1.44. The van der Waals surface area contributed by atoms with Crippen LogP contribution in [0.15, 0.2) is 28.8 Å². The van der Waals surface area contributed by atoms with Crippen molar-refractivity contribution in [3.05, 3.63) is 35.2 Å². The molecule has 0 atom stereocenters. The first-order chi connectivity index (χ1) is 6.68. The summed E-state index contributed by atoms with van der Waals surface area (Å²) in [4.78, 5) is 0. The Bertz CT molecular complexity index is 452. The van der Waals surface area contributed by atoms with Crippen LogP contribution in [0, 0.1) is 5.82 Å². The fourth-order valence-electron chi connectivity index (χ4n) is 1.09. The summed E-state index contributed by atoms with van der Waals surface area (Å²) in [6.45, 7) is 0. The number of rotatable bonds is 1. The third-order valence-corrected chi connectivity index (χ3v) is 2.06. The van der Waals surface area contributed by atoms with Crippen molar-refractivity contribution >= 4 is 17.3 Å². The van der Waals surface area contributed by atoms with E-state index in [-0.39, 0.29) is 16.7 Å². The minimum absolute atomic E-state index is 0.115. The van der Waals surface area contributed by atoms with Crippen molar-refractivity contribution in [1.29, 1.82) is 0 Å². The van der Waals surface area contributed by atoms with E-state index in [1.54, 1.807) is 12.1 Å². The largest absolute Gasteiger partial charge is 0.393 e. The molecule has 0 amide bonds. The number of nitrogens with zero attached hydrogens (tertiary/aromatic N) is 1. The van der Waals surface area contributed by atoms with E-state index in [9.17, 15) is 4.39 Å². The summed E-state index contributed by atoms with van der Waals surface area (Å²) in [7, 11) is 0. The van der Waals surface area contributed by atoms with Crippen LogP contribution in [-0.4, -0.2) is 5.16 Å². The Labute approximate surface area is 84.3 Å². The van der Waals surface area contributed by atoms with E-state index in [2.05, 4.69) is 5.16 Å². The lowest BCUT2D eigenvalue weighted by Crippen LogP contribution is -1.86. The summed E-state index contributed by atoms with van der Waals surface area (Å²) >= 11 is 5.61. The molecule has 0 radical (unpaired) electrons. The van der Waals surface area contributed by atoms with Gasteiger partial charge in [0.25, 0.3) is 0 Å². The van der Waals surface area contributed by atoms with Crippen LogP contribution in [0.1, 0.15) is 0 Å². The maximum atomic E-state index is 12.6. The molecule has 2 N–H and O–H groups in total. The zero-order valence-electron chi connectivity index (χ0n) is 7.00. The fraction of sp³-hybridized carbons (Fsp3) is 0. The van der Waals surface area contributed by atoms with Crippen molar-refractivity contribution in [3.63, 3.8) is 0 Å². The second-order valence-electron chi connectivity index (χ2n) is 2.72. The lowest BCUT2D eigenvalue weighted by Gasteiger charge is -1.96. The second kappa shape index (κ2) is 3.31. The molecule has 0 spiro atoms. The Balaban J connectivity index is 2.49. The Morgan fingerprint density at radius 1 is 1.29 bits per heavy atom. The van der Waals surface area contributed by atoms with Gasteiger partial charge in [0.05, 0.1) is 0 Å². The van der Waals surface area contributed by atoms with Crippen LogP contribution < -0.4 is 5.73 Å². The number of nitrogen functional groups attached to an aromatic ring is 1. The minimum Gasteiger partial charge on any atom is -0.393 e. The Morgan fingerprint density at radius 3 is 2.43 bits per heavy atom. The third-order valence-electron chi connectivity index (χ3n) is 1.79. The zero-order valence-corrected chi connectivity index (χ0v) is 7.75. The van der Waals surface area contributed by atoms with Crippen molar-refractivity contribution in [2.75, 3.05) is 5.73 Å². The smallest absolute Gasteiger partial charge is 0.195 e. The molecule has 0 bridgehead atoms. The van der Waals surface area contributed by atoms with Crippen LogP contribution in [0.2, 0.25) is 5.15 Å². The SMILES string of the molecule is Nc1c(Cl)noc1-c1ccc(F)cc1. The standard InChI is InChI=1S/C9H6ClFN2O/c10-9-7(12)8(14-13-9)5-1-3-6(11)4-2-5/h1-4H,12H2. The molecular formula is C9H6ClFN2O. The molecule has 5 heteroatoms. The predicted molar refractivity (Wildman–Crippen MR) is 51.3 cm³/mol. The van der Waals surface area contributed by atoms with Crippen molar-refractivity contribution in [2.45, 2.75) is 0 Å². The van der Waals surface area contributed by atoms with Crippen LogP contribution >= 0.6 is 11.6 Å². The lowest BCUT2D eigenvalue weighted by molar-refractivity contribution is 0.433. The molecule has 14 heavy (non-hydrogen) atoms. The van der Waals surface area contributed by atoms with Crippen molar-refractivity contribution in [3.8, 4) is 11.3 Å². The topological polar surface area (TPSA) is 52.0 Å². The maximum absolute atomic E-state index is 12.6. The molecule has 1 heterocycles. The van der Waals surface area contributed by atoms with Crippen LogP contribution in [0.25, 0.3) is 11.3 Å². The predicted octanol–water partition coefficient (Wildman–Crippen LogP) is 2.72. The summed E-state index contributed by atoms with van der Waals surface area (Å²) < 4.78 is 17.5. The number of nitrogens with two attached hydrogens (primary N) is 1. The van der Waals surface area contributed by atoms with Crippen molar-refractivity contribution in [2.24, 2.45) is 0 Å². The molecule has 0 saturated carbocycles. The number of anilines is 1. The van der Waals surface area contributed by atoms with E-state index in [1.165, 1.54) is 12.1 Å². The van der Waals surface area contributed by atoms with E-state index in [1.807, 2.05) is 0 Å². The number of aromatic nitrogens is 1. The monoisotopic (exact) mass is 212 g/mol. The quantitative estimate of drug-likeness (QED) is 0.791. The average Bonchev–Trinajstić information content (AvgIpc) is 2.50. The first-order valence-corrected chi connectivity index (χ1v) is 4.23. The Hall–Kier alpha value is -1.55. The maximum Gasteiger partial charge on any atom is 0.195 e. The van der Waals surface area contributed by atoms with Gasteiger partial charge in [-0.3, -0.25) is 0 Å².